The topological polar surface area (TPSA) is 98.0 Å². The minimum absolute atomic E-state index is 0.131. The summed E-state index contributed by atoms with van der Waals surface area (Å²) in [5.74, 6) is 1.65. The molecule has 4 N–H and O–H groups in total. The molecule has 0 bridgehead atoms. The van der Waals surface area contributed by atoms with Crippen LogP contribution in [0.25, 0.3) is 0 Å². The van der Waals surface area contributed by atoms with Crippen molar-refractivity contribution < 1.29 is 25.2 Å². The maximum Gasteiger partial charge on any atom is 0.306 e. The van der Waals surface area contributed by atoms with Gasteiger partial charge in [-0.1, -0.05) is 33.6 Å². The molecule has 31 heavy (non-hydrogen) atoms. The lowest BCUT2D eigenvalue weighted by Gasteiger charge is -2.61. The average molecular weight is 437 g/mol. The van der Waals surface area contributed by atoms with Gasteiger partial charge in [-0.05, 0) is 98.2 Å². The van der Waals surface area contributed by atoms with Gasteiger partial charge in [0.2, 0.25) is 0 Å². The third kappa shape index (κ3) is 4.19. The predicted molar refractivity (Wildman–Crippen MR) is 119 cm³/mol. The van der Waals surface area contributed by atoms with Crippen molar-refractivity contribution in [3.63, 3.8) is 0 Å². The monoisotopic (exact) mass is 436 g/mol. The van der Waals surface area contributed by atoms with Gasteiger partial charge in [-0.25, -0.2) is 0 Å². The van der Waals surface area contributed by atoms with Crippen molar-refractivity contribution in [3.8, 4) is 0 Å². The molecule has 0 radical (unpaired) electrons. The molecule has 4 rings (SSSR count). The maximum absolute atomic E-state index is 11.4. The van der Waals surface area contributed by atoms with E-state index in [1.54, 1.807) is 6.92 Å². The van der Waals surface area contributed by atoms with Crippen molar-refractivity contribution in [2.45, 2.75) is 103 Å². The van der Waals surface area contributed by atoms with Crippen molar-refractivity contribution in [2.75, 3.05) is 0 Å². The second-order valence-electron chi connectivity index (χ2n) is 12.1. The fraction of sp³-hybridized carbons (Fsp3) is 0.962. The van der Waals surface area contributed by atoms with Gasteiger partial charge in [-0.15, -0.1) is 0 Å². The van der Waals surface area contributed by atoms with Gasteiger partial charge in [0, 0.05) is 0 Å². The zero-order chi connectivity index (χ0) is 22.5. The van der Waals surface area contributed by atoms with Gasteiger partial charge in [0.25, 0.3) is 0 Å². The Hall–Kier alpha value is -0.650. The number of aliphatic carboxylic acids is 1. The molecule has 0 aromatic carbocycles. The predicted octanol–water partition coefficient (Wildman–Crippen LogP) is 4.08. The third-order valence-corrected chi connectivity index (χ3v) is 10.5. The van der Waals surface area contributed by atoms with Crippen LogP contribution in [0.1, 0.15) is 85.0 Å². The second kappa shape index (κ2) is 8.95. The van der Waals surface area contributed by atoms with Crippen LogP contribution in [0.4, 0.5) is 0 Å². The Bertz CT molecular complexity index is 652. The lowest BCUT2D eigenvalue weighted by Crippen LogP contribution is -2.59. The minimum atomic E-state index is -0.712. The number of carboxylic acid groups (broad SMARTS) is 1. The van der Waals surface area contributed by atoms with Crippen LogP contribution in [0.15, 0.2) is 0 Å². The van der Waals surface area contributed by atoms with Crippen LogP contribution in [-0.4, -0.2) is 44.7 Å². The average Bonchev–Trinajstić information content (AvgIpc) is 3.15. The number of aliphatic hydroxyl groups excluding tert-OH is 3. The molecule has 0 heterocycles. The quantitative estimate of drug-likeness (QED) is 0.503. The summed E-state index contributed by atoms with van der Waals surface area (Å²) in [5.41, 5.74) is 0.131. The van der Waals surface area contributed by atoms with Gasteiger partial charge in [0.15, 0.2) is 0 Å². The summed E-state index contributed by atoms with van der Waals surface area (Å²) in [5, 5.41) is 41.9. The molecular formula is C26H44O5. The molecule has 178 valence electrons. The number of carbonyl (C=O) groups is 1. The zero-order valence-electron chi connectivity index (χ0n) is 19.6. The summed E-state index contributed by atoms with van der Waals surface area (Å²) >= 11 is 0. The number of hydrogen-bond donors (Lipinski definition) is 4. The summed E-state index contributed by atoms with van der Waals surface area (Å²) < 4.78 is 0. The molecule has 0 amide bonds. The van der Waals surface area contributed by atoms with Gasteiger partial charge in [0.1, 0.15) is 0 Å². The van der Waals surface area contributed by atoms with Gasteiger partial charge < -0.3 is 20.4 Å². The van der Waals surface area contributed by atoms with Crippen LogP contribution in [0.2, 0.25) is 0 Å². The number of carboxylic acids is 1. The molecule has 0 aromatic heterocycles. The van der Waals surface area contributed by atoms with Crippen LogP contribution < -0.4 is 0 Å². The molecule has 0 saturated heterocycles. The molecule has 4 saturated carbocycles. The molecular weight excluding hydrogens is 392 g/mol. The van der Waals surface area contributed by atoms with E-state index in [1.807, 2.05) is 0 Å². The van der Waals surface area contributed by atoms with E-state index < -0.39 is 5.97 Å². The molecule has 0 aliphatic heterocycles. The normalized spacial score (nSPS) is 48.9. The van der Waals surface area contributed by atoms with Crippen molar-refractivity contribution >= 4 is 5.97 Å². The van der Waals surface area contributed by atoms with Crippen molar-refractivity contribution in [1.29, 1.82) is 0 Å². The highest BCUT2D eigenvalue weighted by Crippen LogP contribution is 2.64. The summed E-state index contributed by atoms with van der Waals surface area (Å²) in [6.45, 7) is 6.44. The first-order valence-corrected chi connectivity index (χ1v) is 12.9. The van der Waals surface area contributed by atoms with Crippen LogP contribution in [0.3, 0.4) is 0 Å². The summed E-state index contributed by atoms with van der Waals surface area (Å²) in [7, 11) is 0. The highest BCUT2D eigenvalue weighted by molar-refractivity contribution is 5.69. The maximum atomic E-state index is 11.4. The van der Waals surface area contributed by atoms with E-state index in [0.29, 0.717) is 29.6 Å². The Kier molecular flexibility index (Phi) is 6.78. The number of fused-ring (bicyclic) bond motifs is 5. The molecule has 12 atom stereocenters. The van der Waals surface area contributed by atoms with E-state index in [4.69, 9.17) is 5.11 Å². The molecule has 4 aliphatic carbocycles. The Morgan fingerprint density at radius 2 is 1.68 bits per heavy atom. The fourth-order valence-corrected chi connectivity index (χ4v) is 8.69. The fourth-order valence-electron chi connectivity index (χ4n) is 8.69. The Morgan fingerprint density at radius 1 is 0.968 bits per heavy atom. The molecule has 4 aliphatic rings. The van der Waals surface area contributed by atoms with Crippen LogP contribution in [0, 0.1) is 52.8 Å². The highest BCUT2D eigenvalue weighted by atomic mass is 16.4. The van der Waals surface area contributed by atoms with E-state index in [2.05, 4.69) is 13.8 Å². The van der Waals surface area contributed by atoms with E-state index in [0.717, 1.165) is 64.2 Å². The van der Waals surface area contributed by atoms with E-state index in [-0.39, 0.29) is 41.5 Å². The molecule has 5 heteroatoms. The number of rotatable bonds is 6. The Morgan fingerprint density at radius 3 is 2.39 bits per heavy atom. The summed E-state index contributed by atoms with van der Waals surface area (Å²) in [6.07, 6.45) is 8.32. The first-order valence-electron chi connectivity index (χ1n) is 12.9. The van der Waals surface area contributed by atoms with Gasteiger partial charge in [-0.2, -0.15) is 0 Å². The smallest absolute Gasteiger partial charge is 0.306 e. The lowest BCUT2D eigenvalue weighted by atomic mass is 9.45. The van der Waals surface area contributed by atoms with Gasteiger partial charge in [0.05, 0.1) is 24.2 Å². The molecule has 0 spiro atoms. The Balaban J connectivity index is 1.45. The van der Waals surface area contributed by atoms with Gasteiger partial charge >= 0.3 is 5.97 Å². The first kappa shape index (κ1) is 23.5. The van der Waals surface area contributed by atoms with Crippen molar-refractivity contribution in [1.82, 2.24) is 0 Å². The lowest BCUT2D eigenvalue weighted by molar-refractivity contribution is -0.181. The van der Waals surface area contributed by atoms with E-state index in [9.17, 15) is 20.1 Å². The summed E-state index contributed by atoms with van der Waals surface area (Å²) in [6, 6.07) is 0. The largest absolute Gasteiger partial charge is 0.481 e. The van der Waals surface area contributed by atoms with Gasteiger partial charge in [-0.3, -0.25) is 4.79 Å². The van der Waals surface area contributed by atoms with Crippen molar-refractivity contribution in [2.24, 2.45) is 52.8 Å². The van der Waals surface area contributed by atoms with E-state index in [1.165, 1.54) is 0 Å². The number of hydrogen-bond acceptors (Lipinski definition) is 4. The molecule has 0 aromatic rings. The van der Waals surface area contributed by atoms with Crippen LogP contribution in [0.5, 0.6) is 0 Å². The second-order valence-corrected chi connectivity index (χ2v) is 12.1. The SMILES string of the molecule is C[C@H](CCC[C@H](C)C(=O)O)[C@@H]1CC[C@H]2[C@@H]1[C@@H](O)C[C@H]1[C@H]2[C@@H](O)C[C@@H]2C[C@H](O)CC[C@@]21C. The first-order chi connectivity index (χ1) is 14.6. The zero-order valence-corrected chi connectivity index (χ0v) is 19.6. The van der Waals surface area contributed by atoms with Crippen LogP contribution >= 0.6 is 0 Å². The van der Waals surface area contributed by atoms with Crippen LogP contribution in [-0.2, 0) is 4.79 Å². The minimum Gasteiger partial charge on any atom is -0.481 e. The molecule has 5 nitrogen and oxygen atoms in total. The van der Waals surface area contributed by atoms with Crippen molar-refractivity contribution in [3.05, 3.63) is 0 Å². The van der Waals surface area contributed by atoms with E-state index >= 15 is 0 Å². The number of aliphatic hydroxyl groups is 3. The summed E-state index contributed by atoms with van der Waals surface area (Å²) in [4.78, 5) is 11.1. The molecule has 0 unspecified atom stereocenters. The standard InChI is InChI=1S/C26H44O5/c1-14(5-4-6-15(2)25(30)31)18-7-8-19-23(18)22(29)13-20-24(19)21(28)12-16-11-17(27)9-10-26(16,20)3/h14-24,27-29H,4-13H2,1-3H3,(H,30,31)/t14-,15+,16+,17-,18+,19+,20+,21+,22+,23-,24+,26+/m1/s1. The Labute approximate surface area is 187 Å². The molecule has 4 fully saturated rings. The third-order valence-electron chi connectivity index (χ3n) is 10.5. The highest BCUT2D eigenvalue weighted by Gasteiger charge is 2.61.